The van der Waals surface area contributed by atoms with Gasteiger partial charge in [-0.25, -0.2) is 14.4 Å². The van der Waals surface area contributed by atoms with E-state index in [2.05, 4.69) is 15.3 Å². The highest BCUT2D eigenvalue weighted by atomic mass is 35.5. The zero-order chi connectivity index (χ0) is 17.6. The highest BCUT2D eigenvalue weighted by Gasteiger charge is 2.31. The fourth-order valence-corrected chi connectivity index (χ4v) is 2.78. The van der Waals surface area contributed by atoms with Crippen LogP contribution in [0.15, 0.2) is 24.3 Å². The van der Waals surface area contributed by atoms with Crippen LogP contribution >= 0.6 is 12.4 Å². The van der Waals surface area contributed by atoms with Crippen molar-refractivity contribution in [3.05, 3.63) is 24.3 Å². The molecule has 9 heteroatoms. The number of hydrogen-bond acceptors (Lipinski definition) is 6. The summed E-state index contributed by atoms with van der Waals surface area (Å²) in [6, 6.07) is 0.382. The van der Waals surface area contributed by atoms with E-state index in [-0.39, 0.29) is 37.4 Å². The van der Waals surface area contributed by atoms with E-state index in [4.69, 9.17) is 10.5 Å². The van der Waals surface area contributed by atoms with Crippen LogP contribution in [-0.4, -0.2) is 48.2 Å². The normalized spacial score (nSPS) is 20.3. The lowest BCUT2D eigenvalue weighted by atomic mass is 9.97. The minimum absolute atomic E-state index is 0. The van der Waals surface area contributed by atoms with E-state index in [1.54, 1.807) is 12.4 Å². The molecule has 0 aromatic carbocycles. The Hall–Kier alpha value is -1.93. The number of rotatable bonds is 7. The average Bonchev–Trinajstić information content (AvgIpc) is 3.47. The summed E-state index contributed by atoms with van der Waals surface area (Å²) in [5.41, 5.74) is 5.75. The molecule has 144 valence electrons. The minimum atomic E-state index is -0.0179. The van der Waals surface area contributed by atoms with E-state index in [1.165, 1.54) is 0 Å². The average molecular weight is 386 g/mol. The Kier molecular flexibility index (Phi) is 7.59. The number of nitrogens with two attached hydrogens (primary N) is 1. The Bertz CT molecular complexity index is 624. The fourth-order valence-electron chi connectivity index (χ4n) is 2.78. The third-order valence-corrected chi connectivity index (χ3v) is 4.45. The van der Waals surface area contributed by atoms with Crippen molar-refractivity contribution < 1.29 is 13.9 Å². The van der Waals surface area contributed by atoms with Crippen molar-refractivity contribution in [2.45, 2.75) is 31.7 Å². The highest BCUT2D eigenvalue weighted by molar-refractivity contribution is 5.85. The van der Waals surface area contributed by atoms with Crippen molar-refractivity contribution in [3.63, 3.8) is 0 Å². The molecule has 0 radical (unpaired) electrons. The zero-order valence-electron chi connectivity index (χ0n) is 14.6. The third kappa shape index (κ3) is 5.54. The lowest BCUT2D eigenvalue weighted by Crippen LogP contribution is -2.44. The monoisotopic (exact) mass is 385 g/mol. The molecule has 2 heterocycles. The zero-order valence-corrected chi connectivity index (χ0v) is 15.4. The summed E-state index contributed by atoms with van der Waals surface area (Å²) < 4.78 is 17.9. The van der Waals surface area contributed by atoms with E-state index < -0.39 is 0 Å². The number of carbonyl (C=O) groups is 1. The smallest absolute Gasteiger partial charge is 0.225 e. The number of nitrogens with one attached hydrogen (secondary N) is 1. The third-order valence-electron chi connectivity index (χ3n) is 4.45. The Balaban J connectivity index is 0.00000243. The first-order chi connectivity index (χ1) is 12.2. The molecule has 7 nitrogen and oxygen atoms in total. The first-order valence-electron chi connectivity index (χ1n) is 8.68. The van der Waals surface area contributed by atoms with Gasteiger partial charge in [0.2, 0.25) is 11.9 Å². The molecule has 1 aromatic rings. The molecule has 0 unspecified atom stereocenters. The van der Waals surface area contributed by atoms with Crippen LogP contribution in [-0.2, 0) is 4.79 Å². The van der Waals surface area contributed by atoms with Gasteiger partial charge in [-0.2, -0.15) is 0 Å². The highest BCUT2D eigenvalue weighted by Crippen LogP contribution is 2.24. The van der Waals surface area contributed by atoms with Crippen LogP contribution in [0, 0.1) is 5.92 Å². The predicted molar refractivity (Wildman–Crippen MR) is 99.1 cm³/mol. The molecular weight excluding hydrogens is 361 g/mol. The minimum Gasteiger partial charge on any atom is -0.486 e. The summed E-state index contributed by atoms with van der Waals surface area (Å²) >= 11 is 0. The molecule has 1 saturated heterocycles. The van der Waals surface area contributed by atoms with Crippen LogP contribution in [0.1, 0.15) is 25.7 Å². The van der Waals surface area contributed by atoms with Gasteiger partial charge < -0.3 is 20.7 Å². The van der Waals surface area contributed by atoms with E-state index in [9.17, 15) is 9.18 Å². The second kappa shape index (κ2) is 9.68. The van der Waals surface area contributed by atoms with Crippen molar-refractivity contribution in [3.8, 4) is 5.75 Å². The lowest BCUT2D eigenvalue weighted by Gasteiger charge is -2.32. The van der Waals surface area contributed by atoms with Crippen LogP contribution < -0.4 is 20.7 Å². The van der Waals surface area contributed by atoms with Crippen molar-refractivity contribution in [2.75, 3.05) is 31.1 Å². The SMILES string of the molecule is Cl.NC/C(=C\F)COc1cnc(N2CCC[C@H](C(=O)NC3CC3)C2)nc1. The number of halogens is 2. The van der Waals surface area contributed by atoms with Crippen molar-refractivity contribution in [1.29, 1.82) is 0 Å². The second-order valence-electron chi connectivity index (χ2n) is 6.55. The maximum absolute atomic E-state index is 12.5. The standard InChI is InChI=1S/C17H24FN5O2.ClH/c18-6-12(7-19)11-25-15-8-20-17(21-9-15)23-5-1-2-13(10-23)16(24)22-14-3-4-14;/h6,8-9,13-14H,1-5,7,10-11,19H2,(H,22,24);1H/b12-6+;/t13-;/m0./s1. The summed E-state index contributed by atoms with van der Waals surface area (Å²) in [6.45, 7) is 1.63. The Morgan fingerprint density at radius 1 is 1.38 bits per heavy atom. The molecule has 3 N–H and O–H groups in total. The first kappa shape index (κ1) is 20.4. The van der Waals surface area contributed by atoms with Gasteiger partial charge in [0.15, 0.2) is 5.75 Å². The quantitative estimate of drug-likeness (QED) is 0.740. The van der Waals surface area contributed by atoms with Crippen LogP contribution in [0.3, 0.4) is 0 Å². The topological polar surface area (TPSA) is 93.4 Å². The summed E-state index contributed by atoms with van der Waals surface area (Å²) in [6.07, 6.45) is 7.59. The number of ether oxygens (including phenoxy) is 1. The number of hydrogen-bond donors (Lipinski definition) is 2. The van der Waals surface area contributed by atoms with Gasteiger partial charge in [0.05, 0.1) is 24.6 Å². The van der Waals surface area contributed by atoms with E-state index in [0.717, 1.165) is 32.2 Å². The fraction of sp³-hybridized carbons (Fsp3) is 0.588. The Morgan fingerprint density at radius 3 is 2.73 bits per heavy atom. The molecule has 3 rings (SSSR count). The summed E-state index contributed by atoms with van der Waals surface area (Å²) in [5.74, 6) is 1.16. The Labute approximate surface area is 158 Å². The molecule has 0 bridgehead atoms. The van der Waals surface area contributed by atoms with Crippen LogP contribution in [0.4, 0.5) is 10.3 Å². The van der Waals surface area contributed by atoms with Crippen LogP contribution in [0.2, 0.25) is 0 Å². The maximum Gasteiger partial charge on any atom is 0.225 e. The van der Waals surface area contributed by atoms with Gasteiger partial charge in [0.1, 0.15) is 6.61 Å². The summed E-state index contributed by atoms with van der Waals surface area (Å²) in [4.78, 5) is 22.9. The summed E-state index contributed by atoms with van der Waals surface area (Å²) in [5, 5.41) is 3.07. The van der Waals surface area contributed by atoms with Gasteiger partial charge in [0.25, 0.3) is 0 Å². The number of piperidine rings is 1. The lowest BCUT2D eigenvalue weighted by molar-refractivity contribution is -0.125. The number of aromatic nitrogens is 2. The van der Waals surface area contributed by atoms with E-state index >= 15 is 0 Å². The number of nitrogens with zero attached hydrogens (tertiary/aromatic N) is 3. The van der Waals surface area contributed by atoms with Gasteiger partial charge >= 0.3 is 0 Å². The molecule has 1 aliphatic carbocycles. The molecule has 1 aromatic heterocycles. The van der Waals surface area contributed by atoms with Gasteiger partial charge in [-0.1, -0.05) is 0 Å². The maximum atomic E-state index is 12.5. The number of anilines is 1. The van der Waals surface area contributed by atoms with Gasteiger partial charge in [-0.05, 0) is 25.7 Å². The second-order valence-corrected chi connectivity index (χ2v) is 6.55. The molecule has 2 fully saturated rings. The van der Waals surface area contributed by atoms with E-state index in [1.807, 2.05) is 4.90 Å². The molecule has 1 aliphatic heterocycles. The summed E-state index contributed by atoms with van der Waals surface area (Å²) in [7, 11) is 0. The van der Waals surface area contributed by atoms with Gasteiger partial charge in [-0.15, -0.1) is 12.4 Å². The molecular formula is C17H25ClFN5O2. The van der Waals surface area contributed by atoms with Crippen LogP contribution in [0.5, 0.6) is 5.75 Å². The van der Waals surface area contributed by atoms with Crippen molar-refractivity contribution in [2.24, 2.45) is 11.7 Å². The largest absolute Gasteiger partial charge is 0.486 e. The number of carbonyl (C=O) groups excluding carboxylic acids is 1. The number of amides is 1. The van der Waals surface area contributed by atoms with E-state index in [0.29, 0.717) is 36.2 Å². The molecule has 1 amide bonds. The van der Waals surface area contributed by atoms with Gasteiger partial charge in [-0.3, -0.25) is 4.79 Å². The molecule has 1 saturated carbocycles. The molecule has 1 atom stereocenters. The Morgan fingerprint density at radius 2 is 2.12 bits per heavy atom. The molecule has 2 aliphatic rings. The van der Waals surface area contributed by atoms with Gasteiger partial charge in [0, 0.05) is 31.2 Å². The van der Waals surface area contributed by atoms with Crippen molar-refractivity contribution in [1.82, 2.24) is 15.3 Å². The molecule has 26 heavy (non-hydrogen) atoms. The molecule has 0 spiro atoms. The van der Waals surface area contributed by atoms with Crippen molar-refractivity contribution >= 4 is 24.3 Å². The van der Waals surface area contributed by atoms with Crippen LogP contribution in [0.25, 0.3) is 0 Å². The first-order valence-corrected chi connectivity index (χ1v) is 8.68. The predicted octanol–water partition coefficient (Wildman–Crippen LogP) is 1.58.